The molecule has 1 fully saturated rings. The Bertz CT molecular complexity index is 710. The Morgan fingerprint density at radius 3 is 2.61 bits per heavy atom. The lowest BCUT2D eigenvalue weighted by Gasteiger charge is -2.34. The third-order valence-corrected chi connectivity index (χ3v) is 5.77. The average Bonchev–Trinajstić information content (AvgIpc) is 3.31. The Labute approximate surface area is 144 Å². The molecule has 0 N–H and O–H groups in total. The van der Waals surface area contributed by atoms with E-state index in [2.05, 4.69) is 61.1 Å². The first kappa shape index (κ1) is 15.1. The van der Waals surface area contributed by atoms with E-state index in [4.69, 9.17) is 5.10 Å². The molecule has 3 aromatic rings. The fraction of sp³-hybridized carbons (Fsp3) is 0.353. The lowest BCUT2D eigenvalue weighted by molar-refractivity contribution is 0.0995. The van der Waals surface area contributed by atoms with E-state index in [1.54, 1.807) is 11.3 Å². The van der Waals surface area contributed by atoms with E-state index in [-0.39, 0.29) is 0 Å². The van der Waals surface area contributed by atoms with E-state index >= 15 is 0 Å². The summed E-state index contributed by atoms with van der Waals surface area (Å²) in [6, 6.07) is 8.60. The summed E-state index contributed by atoms with van der Waals surface area (Å²) >= 11 is 3.57. The molecule has 120 valence electrons. The normalized spacial score (nSPS) is 16.9. The zero-order valence-corrected chi connectivity index (χ0v) is 14.6. The molecule has 0 aromatic carbocycles. The third-order valence-electron chi connectivity index (χ3n) is 4.23. The van der Waals surface area contributed by atoms with Gasteiger partial charge in [0, 0.05) is 54.7 Å². The Balaban J connectivity index is 1.29. The molecule has 0 radical (unpaired) electrons. The van der Waals surface area contributed by atoms with Crippen LogP contribution in [0.25, 0.3) is 11.3 Å². The zero-order valence-electron chi connectivity index (χ0n) is 13.0. The van der Waals surface area contributed by atoms with Gasteiger partial charge in [-0.3, -0.25) is 14.5 Å². The minimum atomic E-state index is 0.886. The van der Waals surface area contributed by atoms with Crippen LogP contribution in [0.15, 0.2) is 46.6 Å². The van der Waals surface area contributed by atoms with Crippen LogP contribution in [0.3, 0.4) is 0 Å². The van der Waals surface area contributed by atoms with Crippen molar-refractivity contribution in [2.75, 3.05) is 26.2 Å². The molecule has 1 aliphatic heterocycles. The summed E-state index contributed by atoms with van der Waals surface area (Å²) in [5.41, 5.74) is 2.29. The summed E-state index contributed by atoms with van der Waals surface area (Å²) in [4.78, 5) is 6.49. The second-order valence-electron chi connectivity index (χ2n) is 5.87. The van der Waals surface area contributed by atoms with Gasteiger partial charge in [0.15, 0.2) is 0 Å². The van der Waals surface area contributed by atoms with Crippen LogP contribution in [0.1, 0.15) is 4.88 Å². The molecule has 0 bridgehead atoms. The van der Waals surface area contributed by atoms with Gasteiger partial charge in [-0.2, -0.15) is 16.4 Å². The summed E-state index contributed by atoms with van der Waals surface area (Å²) in [6.45, 7) is 6.47. The van der Waals surface area contributed by atoms with Crippen molar-refractivity contribution in [1.29, 1.82) is 0 Å². The maximum atomic E-state index is 4.70. The first-order valence-electron chi connectivity index (χ1n) is 7.90. The quantitative estimate of drug-likeness (QED) is 0.708. The third kappa shape index (κ3) is 3.72. The minimum absolute atomic E-state index is 0.886. The number of hydrogen-bond acceptors (Lipinski definition) is 5. The molecular weight excluding hydrogens is 324 g/mol. The molecular formula is C17H20N4S2. The molecule has 0 aliphatic carbocycles. The molecule has 0 spiro atoms. The smallest absolute Gasteiger partial charge is 0.0932 e. The van der Waals surface area contributed by atoms with E-state index in [1.165, 1.54) is 10.4 Å². The van der Waals surface area contributed by atoms with Gasteiger partial charge in [0.2, 0.25) is 0 Å². The van der Waals surface area contributed by atoms with Crippen molar-refractivity contribution in [3.63, 3.8) is 0 Å². The average molecular weight is 345 g/mol. The van der Waals surface area contributed by atoms with Crippen LogP contribution in [0, 0.1) is 0 Å². The molecule has 3 aromatic heterocycles. The van der Waals surface area contributed by atoms with Crippen LogP contribution in [0.2, 0.25) is 0 Å². The Kier molecular flexibility index (Phi) is 4.57. The first-order chi connectivity index (χ1) is 11.4. The highest BCUT2D eigenvalue weighted by molar-refractivity contribution is 7.09. The molecule has 23 heavy (non-hydrogen) atoms. The molecule has 1 saturated heterocycles. The number of piperazine rings is 1. The standard InChI is InChI=1S/C17H20N4S2/c1-2-16(23-10-1)12-19-6-8-20(9-7-19)14-21-5-3-17(18-21)15-4-11-22-13-15/h1-5,10-11,13H,6-9,12,14H2. The molecule has 4 rings (SSSR count). The number of hydrogen-bond donors (Lipinski definition) is 0. The number of nitrogens with zero attached hydrogens (tertiary/aromatic N) is 4. The number of aromatic nitrogens is 2. The van der Waals surface area contributed by atoms with Crippen LogP contribution in [0.5, 0.6) is 0 Å². The van der Waals surface area contributed by atoms with E-state index in [1.807, 2.05) is 11.3 Å². The molecule has 0 amide bonds. The maximum Gasteiger partial charge on any atom is 0.0932 e. The predicted molar refractivity (Wildman–Crippen MR) is 96.7 cm³/mol. The van der Waals surface area contributed by atoms with Gasteiger partial charge in [-0.15, -0.1) is 11.3 Å². The van der Waals surface area contributed by atoms with Crippen LogP contribution >= 0.6 is 22.7 Å². The monoisotopic (exact) mass is 344 g/mol. The highest BCUT2D eigenvalue weighted by Gasteiger charge is 2.17. The van der Waals surface area contributed by atoms with Gasteiger partial charge in [0.25, 0.3) is 0 Å². The highest BCUT2D eigenvalue weighted by Crippen LogP contribution is 2.20. The lowest BCUT2D eigenvalue weighted by atomic mass is 10.2. The fourth-order valence-corrected chi connectivity index (χ4v) is 4.32. The van der Waals surface area contributed by atoms with Gasteiger partial charge in [0.1, 0.15) is 0 Å². The van der Waals surface area contributed by atoms with Crippen LogP contribution < -0.4 is 0 Å². The van der Waals surface area contributed by atoms with E-state index < -0.39 is 0 Å². The molecule has 0 saturated carbocycles. The summed E-state index contributed by atoms with van der Waals surface area (Å²) in [5.74, 6) is 0. The predicted octanol–water partition coefficient (Wildman–Crippen LogP) is 3.45. The summed E-state index contributed by atoms with van der Waals surface area (Å²) in [6.07, 6.45) is 2.09. The SMILES string of the molecule is c1csc(CN2CCN(Cn3ccc(-c4ccsc4)n3)CC2)c1. The molecule has 0 atom stereocenters. The van der Waals surface area contributed by atoms with E-state index in [0.717, 1.165) is 45.1 Å². The van der Waals surface area contributed by atoms with Gasteiger partial charge in [0.05, 0.1) is 12.4 Å². The molecule has 6 heteroatoms. The Morgan fingerprint density at radius 1 is 1.00 bits per heavy atom. The van der Waals surface area contributed by atoms with Crippen molar-refractivity contribution in [3.05, 3.63) is 51.5 Å². The Morgan fingerprint density at radius 2 is 1.87 bits per heavy atom. The van der Waals surface area contributed by atoms with Gasteiger partial charge >= 0.3 is 0 Å². The van der Waals surface area contributed by atoms with Crippen molar-refractivity contribution < 1.29 is 0 Å². The van der Waals surface area contributed by atoms with Crippen molar-refractivity contribution in [1.82, 2.24) is 19.6 Å². The van der Waals surface area contributed by atoms with Crippen molar-refractivity contribution >= 4 is 22.7 Å². The summed E-state index contributed by atoms with van der Waals surface area (Å²) in [7, 11) is 0. The second-order valence-corrected chi connectivity index (χ2v) is 7.68. The minimum Gasteiger partial charge on any atom is -0.296 e. The van der Waals surface area contributed by atoms with Gasteiger partial charge in [-0.25, -0.2) is 0 Å². The van der Waals surface area contributed by atoms with Crippen molar-refractivity contribution in [2.24, 2.45) is 0 Å². The lowest BCUT2D eigenvalue weighted by Crippen LogP contribution is -2.46. The maximum absolute atomic E-state index is 4.70. The van der Waals surface area contributed by atoms with E-state index in [0.29, 0.717) is 0 Å². The number of rotatable bonds is 5. The van der Waals surface area contributed by atoms with Crippen LogP contribution in [-0.2, 0) is 13.2 Å². The molecule has 4 heterocycles. The largest absolute Gasteiger partial charge is 0.296 e. The van der Waals surface area contributed by atoms with Crippen LogP contribution in [0.4, 0.5) is 0 Å². The molecule has 1 aliphatic rings. The van der Waals surface area contributed by atoms with Crippen molar-refractivity contribution in [2.45, 2.75) is 13.2 Å². The molecule has 0 unspecified atom stereocenters. The topological polar surface area (TPSA) is 24.3 Å². The summed E-state index contributed by atoms with van der Waals surface area (Å²) in [5, 5.41) is 11.1. The van der Waals surface area contributed by atoms with E-state index in [9.17, 15) is 0 Å². The Hall–Kier alpha value is -1.47. The number of thiophene rings is 2. The molecule has 4 nitrogen and oxygen atoms in total. The van der Waals surface area contributed by atoms with Gasteiger partial charge < -0.3 is 0 Å². The highest BCUT2D eigenvalue weighted by atomic mass is 32.1. The second kappa shape index (κ2) is 6.97. The first-order valence-corrected chi connectivity index (χ1v) is 9.72. The summed E-state index contributed by atoms with van der Waals surface area (Å²) < 4.78 is 2.06. The zero-order chi connectivity index (χ0) is 15.5. The van der Waals surface area contributed by atoms with Gasteiger partial charge in [-0.05, 0) is 29.0 Å². The van der Waals surface area contributed by atoms with Crippen molar-refractivity contribution in [3.8, 4) is 11.3 Å². The fourth-order valence-electron chi connectivity index (χ4n) is 2.92. The van der Waals surface area contributed by atoms with Gasteiger partial charge in [-0.1, -0.05) is 6.07 Å². The van der Waals surface area contributed by atoms with Crippen LogP contribution in [-0.4, -0.2) is 45.8 Å².